The second kappa shape index (κ2) is 8.09. The molecular formula is C20H18FN5O3. The van der Waals surface area contributed by atoms with Crippen molar-refractivity contribution in [2.45, 2.75) is 0 Å². The molecule has 0 spiro atoms. The normalized spacial score (nSPS) is 14.0. The van der Waals surface area contributed by atoms with Crippen LogP contribution in [0.4, 0.5) is 16.0 Å². The van der Waals surface area contributed by atoms with Crippen LogP contribution in [0.2, 0.25) is 0 Å². The Balaban J connectivity index is 1.39. The summed E-state index contributed by atoms with van der Waals surface area (Å²) < 4.78 is 18.5. The van der Waals surface area contributed by atoms with Gasteiger partial charge in [0.25, 0.3) is 11.8 Å². The molecule has 8 nitrogen and oxygen atoms in total. The van der Waals surface area contributed by atoms with E-state index in [1.165, 1.54) is 30.7 Å². The first-order chi connectivity index (χ1) is 14.1. The molecule has 0 unspecified atom stereocenters. The number of nitrogens with one attached hydrogen (secondary N) is 1. The van der Waals surface area contributed by atoms with E-state index in [1.807, 2.05) is 0 Å². The van der Waals surface area contributed by atoms with Crippen molar-refractivity contribution in [2.24, 2.45) is 0 Å². The zero-order valence-electron chi connectivity index (χ0n) is 15.4. The maximum atomic E-state index is 13.3. The predicted octanol–water partition coefficient (Wildman–Crippen LogP) is 2.55. The van der Waals surface area contributed by atoms with E-state index in [0.717, 1.165) is 0 Å². The van der Waals surface area contributed by atoms with Crippen LogP contribution in [0.25, 0.3) is 0 Å². The molecule has 0 atom stereocenters. The molecule has 3 heterocycles. The molecule has 2 aromatic heterocycles. The van der Waals surface area contributed by atoms with Crippen LogP contribution in [-0.4, -0.2) is 57.8 Å². The SMILES string of the molecule is O=C(c1ccnc(Nc2cccc(F)c2)n1)N1CCN(C(=O)c2ccco2)CC1. The van der Waals surface area contributed by atoms with E-state index in [1.54, 1.807) is 34.1 Å². The number of rotatable bonds is 4. The zero-order valence-corrected chi connectivity index (χ0v) is 15.4. The first-order valence-corrected chi connectivity index (χ1v) is 9.08. The van der Waals surface area contributed by atoms with Crippen molar-refractivity contribution in [3.63, 3.8) is 0 Å². The number of nitrogens with zero attached hydrogens (tertiary/aromatic N) is 4. The molecule has 0 radical (unpaired) electrons. The fourth-order valence-electron chi connectivity index (χ4n) is 3.06. The Morgan fingerprint density at radius 2 is 1.76 bits per heavy atom. The minimum absolute atomic E-state index is 0.189. The lowest BCUT2D eigenvalue weighted by molar-refractivity contribution is 0.0515. The summed E-state index contributed by atoms with van der Waals surface area (Å²) in [6.45, 7) is 1.60. The van der Waals surface area contributed by atoms with Crippen LogP contribution in [0.3, 0.4) is 0 Å². The van der Waals surface area contributed by atoms with Gasteiger partial charge in [0.1, 0.15) is 11.5 Å². The summed E-state index contributed by atoms with van der Waals surface area (Å²) >= 11 is 0. The molecule has 1 fully saturated rings. The van der Waals surface area contributed by atoms with Gasteiger partial charge in [-0.1, -0.05) is 6.07 Å². The smallest absolute Gasteiger partial charge is 0.289 e. The van der Waals surface area contributed by atoms with Crippen LogP contribution in [0, 0.1) is 5.82 Å². The van der Waals surface area contributed by atoms with Crippen molar-refractivity contribution in [1.29, 1.82) is 0 Å². The third-order valence-corrected chi connectivity index (χ3v) is 4.54. The van der Waals surface area contributed by atoms with Crippen molar-refractivity contribution in [3.05, 3.63) is 72.2 Å². The quantitative estimate of drug-likeness (QED) is 0.730. The molecule has 1 saturated heterocycles. The van der Waals surface area contributed by atoms with Gasteiger partial charge in [0.2, 0.25) is 5.95 Å². The van der Waals surface area contributed by atoms with Crippen molar-refractivity contribution in [3.8, 4) is 0 Å². The fraction of sp³-hybridized carbons (Fsp3) is 0.200. The Kier molecular flexibility index (Phi) is 5.19. The van der Waals surface area contributed by atoms with Crippen molar-refractivity contribution in [2.75, 3.05) is 31.5 Å². The highest BCUT2D eigenvalue weighted by atomic mass is 19.1. The van der Waals surface area contributed by atoms with E-state index in [-0.39, 0.29) is 35.0 Å². The molecule has 1 N–H and O–H groups in total. The number of piperazine rings is 1. The van der Waals surface area contributed by atoms with E-state index >= 15 is 0 Å². The zero-order chi connectivity index (χ0) is 20.2. The minimum Gasteiger partial charge on any atom is -0.459 e. The van der Waals surface area contributed by atoms with E-state index < -0.39 is 0 Å². The van der Waals surface area contributed by atoms with Gasteiger partial charge >= 0.3 is 0 Å². The van der Waals surface area contributed by atoms with Gasteiger partial charge in [0.05, 0.1) is 6.26 Å². The summed E-state index contributed by atoms with van der Waals surface area (Å²) in [7, 11) is 0. The molecule has 0 bridgehead atoms. The molecule has 2 amide bonds. The van der Waals surface area contributed by atoms with Crippen LogP contribution < -0.4 is 5.32 Å². The average molecular weight is 395 g/mol. The number of benzene rings is 1. The van der Waals surface area contributed by atoms with Gasteiger partial charge in [-0.2, -0.15) is 0 Å². The monoisotopic (exact) mass is 395 g/mol. The molecule has 0 saturated carbocycles. The highest BCUT2D eigenvalue weighted by Gasteiger charge is 2.27. The predicted molar refractivity (Wildman–Crippen MR) is 102 cm³/mol. The Morgan fingerprint density at radius 3 is 2.45 bits per heavy atom. The molecule has 1 aliphatic heterocycles. The molecule has 3 aromatic rings. The third kappa shape index (κ3) is 4.23. The number of amides is 2. The fourth-order valence-corrected chi connectivity index (χ4v) is 3.06. The van der Waals surface area contributed by atoms with Gasteiger partial charge in [-0.15, -0.1) is 0 Å². The van der Waals surface area contributed by atoms with Crippen LogP contribution in [0.1, 0.15) is 21.0 Å². The van der Waals surface area contributed by atoms with Crippen LogP contribution in [-0.2, 0) is 0 Å². The second-order valence-corrected chi connectivity index (χ2v) is 6.46. The lowest BCUT2D eigenvalue weighted by Gasteiger charge is -2.34. The standard InChI is InChI=1S/C20H18FN5O3/c21-14-3-1-4-15(13-14)23-20-22-7-6-16(24-20)18(27)25-8-10-26(11-9-25)19(28)17-5-2-12-29-17/h1-7,12-13H,8-11H2,(H,22,23,24). The number of carbonyl (C=O) groups excluding carboxylic acids is 2. The van der Waals surface area contributed by atoms with Gasteiger partial charge < -0.3 is 19.5 Å². The molecular weight excluding hydrogens is 377 g/mol. The number of hydrogen-bond acceptors (Lipinski definition) is 6. The lowest BCUT2D eigenvalue weighted by atomic mass is 10.2. The Labute approximate surface area is 166 Å². The molecule has 0 aliphatic carbocycles. The van der Waals surface area contributed by atoms with E-state index in [9.17, 15) is 14.0 Å². The topological polar surface area (TPSA) is 91.6 Å². The molecule has 1 aromatic carbocycles. The Bertz CT molecular complexity index is 1020. The van der Waals surface area contributed by atoms with Crippen LogP contribution in [0.5, 0.6) is 0 Å². The highest BCUT2D eigenvalue weighted by molar-refractivity contribution is 5.94. The van der Waals surface area contributed by atoms with Gasteiger partial charge in [-0.25, -0.2) is 14.4 Å². The van der Waals surface area contributed by atoms with E-state index in [4.69, 9.17) is 4.42 Å². The van der Waals surface area contributed by atoms with E-state index in [0.29, 0.717) is 31.9 Å². The Morgan fingerprint density at radius 1 is 1.00 bits per heavy atom. The average Bonchev–Trinajstić information content (AvgIpc) is 3.28. The largest absolute Gasteiger partial charge is 0.459 e. The van der Waals surface area contributed by atoms with Gasteiger partial charge in [0.15, 0.2) is 5.76 Å². The van der Waals surface area contributed by atoms with Crippen molar-refractivity contribution < 1.29 is 18.4 Å². The summed E-state index contributed by atoms with van der Waals surface area (Å²) in [5.74, 6) is -0.337. The van der Waals surface area contributed by atoms with Gasteiger partial charge in [0, 0.05) is 38.1 Å². The summed E-state index contributed by atoms with van der Waals surface area (Å²) in [6.07, 6.45) is 2.93. The molecule has 148 valence electrons. The lowest BCUT2D eigenvalue weighted by Crippen LogP contribution is -2.50. The van der Waals surface area contributed by atoms with Gasteiger partial charge in [-0.05, 0) is 36.4 Å². The summed E-state index contributed by atoms with van der Waals surface area (Å²) in [5, 5.41) is 2.88. The van der Waals surface area contributed by atoms with Crippen molar-refractivity contribution >= 4 is 23.5 Å². The molecule has 29 heavy (non-hydrogen) atoms. The Hall–Kier alpha value is -3.75. The summed E-state index contributed by atoms with van der Waals surface area (Å²) in [6, 6.07) is 10.7. The number of carbonyl (C=O) groups is 2. The number of furan rings is 1. The number of aromatic nitrogens is 2. The first kappa shape index (κ1) is 18.6. The number of anilines is 2. The number of hydrogen-bond donors (Lipinski definition) is 1. The first-order valence-electron chi connectivity index (χ1n) is 9.08. The molecule has 1 aliphatic rings. The maximum Gasteiger partial charge on any atom is 0.289 e. The van der Waals surface area contributed by atoms with Gasteiger partial charge in [-0.3, -0.25) is 9.59 Å². The van der Waals surface area contributed by atoms with Crippen LogP contribution >= 0.6 is 0 Å². The molecule has 4 rings (SSSR count). The number of halogens is 1. The third-order valence-electron chi connectivity index (χ3n) is 4.54. The molecule has 9 heteroatoms. The second-order valence-electron chi connectivity index (χ2n) is 6.46. The summed E-state index contributed by atoms with van der Waals surface area (Å²) in [5.41, 5.74) is 0.712. The summed E-state index contributed by atoms with van der Waals surface area (Å²) in [4.78, 5) is 36.7. The maximum absolute atomic E-state index is 13.3. The highest BCUT2D eigenvalue weighted by Crippen LogP contribution is 2.15. The minimum atomic E-state index is -0.385. The van der Waals surface area contributed by atoms with Crippen molar-refractivity contribution in [1.82, 2.24) is 19.8 Å². The van der Waals surface area contributed by atoms with Crippen LogP contribution in [0.15, 0.2) is 59.3 Å². The van der Waals surface area contributed by atoms with E-state index in [2.05, 4.69) is 15.3 Å².